The number of rotatable bonds is 4. The van der Waals surface area contributed by atoms with Gasteiger partial charge in [0.25, 0.3) is 0 Å². The summed E-state index contributed by atoms with van der Waals surface area (Å²) in [7, 11) is 0. The van der Waals surface area contributed by atoms with Crippen LogP contribution < -0.4 is 5.32 Å². The third kappa shape index (κ3) is 3.56. The summed E-state index contributed by atoms with van der Waals surface area (Å²) >= 11 is 0. The molecule has 1 fully saturated rings. The number of carboxylic acid groups (broad SMARTS) is 1. The lowest BCUT2D eigenvalue weighted by Crippen LogP contribution is -2.29. The number of carboxylic acids is 1. The molecule has 0 radical (unpaired) electrons. The second-order valence-electron chi connectivity index (χ2n) is 6.69. The largest absolute Gasteiger partial charge is 0.476 e. The normalized spacial score (nSPS) is 17.4. The van der Waals surface area contributed by atoms with Gasteiger partial charge in [0.2, 0.25) is 0 Å². The van der Waals surface area contributed by atoms with Crippen molar-refractivity contribution < 1.29 is 9.90 Å². The molecule has 0 aliphatic carbocycles. The number of aryl methyl sites for hydroxylation is 1. The first kappa shape index (κ1) is 15.0. The topological polar surface area (TPSA) is 80.0 Å². The minimum absolute atomic E-state index is 0.130. The third-order valence-electron chi connectivity index (χ3n) is 3.78. The van der Waals surface area contributed by atoms with Crippen molar-refractivity contribution in [3.05, 3.63) is 11.4 Å². The SMILES string of the molecule is CC(C)(C)CCn1nnc(C(=O)O)c1C1CCNCC1. The molecule has 0 saturated carbocycles. The Kier molecular flexibility index (Phi) is 4.42. The van der Waals surface area contributed by atoms with Crippen molar-refractivity contribution in [3.63, 3.8) is 0 Å². The molecule has 1 aromatic heterocycles. The maximum atomic E-state index is 11.3. The van der Waals surface area contributed by atoms with Gasteiger partial charge in [-0.1, -0.05) is 26.0 Å². The molecular formula is C14H24N4O2. The zero-order chi connectivity index (χ0) is 14.8. The molecule has 1 aliphatic heterocycles. The molecule has 1 aliphatic rings. The Morgan fingerprint density at radius 3 is 2.60 bits per heavy atom. The fourth-order valence-electron chi connectivity index (χ4n) is 2.58. The molecule has 0 bridgehead atoms. The second kappa shape index (κ2) is 5.91. The van der Waals surface area contributed by atoms with Gasteiger partial charge in [-0.15, -0.1) is 5.10 Å². The summed E-state index contributed by atoms with van der Waals surface area (Å²) in [6, 6.07) is 0. The average molecular weight is 280 g/mol. The van der Waals surface area contributed by atoms with Crippen molar-refractivity contribution in [3.8, 4) is 0 Å². The van der Waals surface area contributed by atoms with Crippen LogP contribution in [0.3, 0.4) is 0 Å². The van der Waals surface area contributed by atoms with E-state index in [2.05, 4.69) is 36.4 Å². The Bertz CT molecular complexity index is 470. The Labute approximate surface area is 119 Å². The molecular weight excluding hydrogens is 256 g/mol. The molecule has 20 heavy (non-hydrogen) atoms. The minimum atomic E-state index is -0.972. The van der Waals surface area contributed by atoms with Gasteiger partial charge in [-0.25, -0.2) is 9.48 Å². The summed E-state index contributed by atoms with van der Waals surface area (Å²) in [4.78, 5) is 11.3. The quantitative estimate of drug-likeness (QED) is 0.880. The lowest BCUT2D eigenvalue weighted by atomic mass is 9.91. The highest BCUT2D eigenvalue weighted by Crippen LogP contribution is 2.28. The van der Waals surface area contributed by atoms with Crippen LogP contribution in [0.15, 0.2) is 0 Å². The van der Waals surface area contributed by atoms with E-state index >= 15 is 0 Å². The van der Waals surface area contributed by atoms with E-state index in [9.17, 15) is 9.90 Å². The Balaban J connectivity index is 2.24. The number of hydrogen-bond acceptors (Lipinski definition) is 4. The van der Waals surface area contributed by atoms with Crippen molar-refractivity contribution in [2.75, 3.05) is 13.1 Å². The fourth-order valence-corrected chi connectivity index (χ4v) is 2.58. The van der Waals surface area contributed by atoms with Gasteiger partial charge in [0.15, 0.2) is 5.69 Å². The van der Waals surface area contributed by atoms with Crippen molar-refractivity contribution >= 4 is 5.97 Å². The van der Waals surface area contributed by atoms with E-state index in [-0.39, 0.29) is 17.0 Å². The van der Waals surface area contributed by atoms with Crippen LogP contribution in [0.25, 0.3) is 0 Å². The lowest BCUT2D eigenvalue weighted by Gasteiger charge is -2.24. The van der Waals surface area contributed by atoms with E-state index in [0.29, 0.717) is 0 Å². The minimum Gasteiger partial charge on any atom is -0.476 e. The zero-order valence-corrected chi connectivity index (χ0v) is 12.5. The number of nitrogens with one attached hydrogen (secondary N) is 1. The highest BCUT2D eigenvalue weighted by molar-refractivity contribution is 5.86. The van der Waals surface area contributed by atoms with Gasteiger partial charge in [0.05, 0.1) is 5.69 Å². The lowest BCUT2D eigenvalue weighted by molar-refractivity contribution is 0.0688. The molecule has 112 valence electrons. The number of aromatic carboxylic acids is 1. The van der Waals surface area contributed by atoms with Gasteiger partial charge in [-0.05, 0) is 37.8 Å². The van der Waals surface area contributed by atoms with Crippen LogP contribution >= 0.6 is 0 Å². The van der Waals surface area contributed by atoms with Gasteiger partial charge in [-0.2, -0.15) is 0 Å². The van der Waals surface area contributed by atoms with E-state index in [4.69, 9.17) is 0 Å². The number of piperidine rings is 1. The molecule has 2 N–H and O–H groups in total. The smallest absolute Gasteiger partial charge is 0.358 e. The number of aromatic nitrogens is 3. The van der Waals surface area contributed by atoms with Crippen LogP contribution in [0.1, 0.15) is 62.1 Å². The van der Waals surface area contributed by atoms with E-state index in [1.165, 1.54) is 0 Å². The number of carbonyl (C=O) groups is 1. The highest BCUT2D eigenvalue weighted by Gasteiger charge is 2.28. The number of nitrogens with zero attached hydrogens (tertiary/aromatic N) is 3. The maximum Gasteiger partial charge on any atom is 0.358 e. The summed E-state index contributed by atoms with van der Waals surface area (Å²) in [5, 5.41) is 20.6. The van der Waals surface area contributed by atoms with Crippen molar-refractivity contribution in [1.82, 2.24) is 20.3 Å². The predicted octanol–water partition coefficient (Wildman–Crippen LogP) is 1.88. The van der Waals surface area contributed by atoms with Gasteiger partial charge in [0, 0.05) is 12.5 Å². The molecule has 1 aromatic rings. The van der Waals surface area contributed by atoms with Crippen molar-refractivity contribution in [2.24, 2.45) is 5.41 Å². The van der Waals surface area contributed by atoms with Gasteiger partial charge in [0.1, 0.15) is 0 Å². The molecule has 0 atom stereocenters. The first-order chi connectivity index (χ1) is 9.38. The van der Waals surface area contributed by atoms with Crippen LogP contribution in [0.2, 0.25) is 0 Å². The van der Waals surface area contributed by atoms with Gasteiger partial charge in [-0.3, -0.25) is 0 Å². The summed E-state index contributed by atoms with van der Waals surface area (Å²) in [5.41, 5.74) is 1.13. The molecule has 6 heteroatoms. The molecule has 2 rings (SSSR count). The predicted molar refractivity (Wildman–Crippen MR) is 75.9 cm³/mol. The molecule has 6 nitrogen and oxygen atoms in total. The molecule has 0 aromatic carbocycles. The maximum absolute atomic E-state index is 11.3. The van der Waals surface area contributed by atoms with E-state index in [0.717, 1.165) is 44.6 Å². The van der Waals surface area contributed by atoms with E-state index in [1.807, 2.05) is 4.68 Å². The Morgan fingerprint density at radius 1 is 1.40 bits per heavy atom. The molecule has 0 spiro atoms. The molecule has 2 heterocycles. The zero-order valence-electron chi connectivity index (χ0n) is 12.5. The third-order valence-corrected chi connectivity index (χ3v) is 3.78. The van der Waals surface area contributed by atoms with Crippen LogP contribution in [-0.4, -0.2) is 39.2 Å². The van der Waals surface area contributed by atoms with Crippen molar-refractivity contribution in [2.45, 2.75) is 52.5 Å². The summed E-state index contributed by atoms with van der Waals surface area (Å²) in [5.74, 6) is -0.724. The van der Waals surface area contributed by atoms with Crippen molar-refractivity contribution in [1.29, 1.82) is 0 Å². The highest BCUT2D eigenvalue weighted by atomic mass is 16.4. The first-order valence-electron chi connectivity index (χ1n) is 7.26. The Morgan fingerprint density at radius 2 is 2.05 bits per heavy atom. The average Bonchev–Trinajstić information content (AvgIpc) is 2.80. The van der Waals surface area contributed by atoms with Crippen LogP contribution in [-0.2, 0) is 6.54 Å². The van der Waals surface area contributed by atoms with Crippen LogP contribution in [0.4, 0.5) is 0 Å². The molecule has 0 amide bonds. The van der Waals surface area contributed by atoms with Gasteiger partial charge < -0.3 is 10.4 Å². The monoisotopic (exact) mass is 280 g/mol. The Hall–Kier alpha value is -1.43. The standard InChI is InChI=1S/C14H24N4O2/c1-14(2,3)6-9-18-12(10-4-7-15-8-5-10)11(13(19)20)16-17-18/h10,15H,4-9H2,1-3H3,(H,19,20). The van der Waals surface area contributed by atoms with Crippen LogP contribution in [0.5, 0.6) is 0 Å². The van der Waals surface area contributed by atoms with Gasteiger partial charge >= 0.3 is 5.97 Å². The second-order valence-corrected chi connectivity index (χ2v) is 6.69. The molecule has 1 saturated heterocycles. The van der Waals surface area contributed by atoms with E-state index < -0.39 is 5.97 Å². The molecule has 0 unspecified atom stereocenters. The summed E-state index contributed by atoms with van der Waals surface area (Å²) < 4.78 is 1.81. The fraction of sp³-hybridized carbons (Fsp3) is 0.786. The number of hydrogen-bond donors (Lipinski definition) is 2. The van der Waals surface area contributed by atoms with E-state index in [1.54, 1.807) is 0 Å². The summed E-state index contributed by atoms with van der Waals surface area (Å²) in [6.07, 6.45) is 2.85. The van der Waals surface area contributed by atoms with Crippen LogP contribution in [0, 0.1) is 5.41 Å². The first-order valence-corrected chi connectivity index (χ1v) is 7.26. The summed E-state index contributed by atoms with van der Waals surface area (Å²) in [6.45, 7) is 9.09.